The zero-order valence-electron chi connectivity index (χ0n) is 7.01. The zero-order chi connectivity index (χ0) is 8.97. The van der Waals surface area contributed by atoms with Gasteiger partial charge in [0.15, 0.2) is 0 Å². The number of halogens is 1. The van der Waals surface area contributed by atoms with Gasteiger partial charge in [-0.25, -0.2) is 0 Å². The first-order valence-corrected chi connectivity index (χ1v) is 4.53. The van der Waals surface area contributed by atoms with Crippen LogP contribution in [0.5, 0.6) is 0 Å². The Morgan fingerprint density at radius 2 is 2.25 bits per heavy atom. The van der Waals surface area contributed by atoms with Crippen molar-refractivity contribution < 1.29 is 4.74 Å². The average molecular weight is 227 g/mol. The normalized spacial score (nSPS) is 29.7. The Hall–Kier alpha value is -0.760. The predicted molar refractivity (Wildman–Crippen MR) is 55.0 cm³/mol. The van der Waals surface area contributed by atoms with E-state index in [4.69, 9.17) is 4.74 Å². The fraction of sp³-hybridized carbons (Fsp3) is 0.200. The molecular formula is C10H11BrO. The topological polar surface area (TPSA) is 9.23 Å². The minimum absolute atomic E-state index is 0.610. The summed E-state index contributed by atoms with van der Waals surface area (Å²) in [6.45, 7) is 6.41. The van der Waals surface area contributed by atoms with Crippen molar-refractivity contribution in [1.82, 2.24) is 0 Å². The van der Waals surface area contributed by atoms with Crippen LogP contribution in [0.1, 0.15) is 6.92 Å². The number of ether oxygens (including phenoxy) is 1. The number of hydrogen-bond acceptors (Lipinski definition) is 1. The summed E-state index contributed by atoms with van der Waals surface area (Å²) in [6, 6.07) is 0. The smallest absolute Gasteiger partial charge is 0.108 e. The van der Waals surface area contributed by atoms with E-state index in [1.807, 2.05) is 31.2 Å². The first-order chi connectivity index (χ1) is 5.72. The number of rotatable bonds is 0. The highest BCUT2D eigenvalue weighted by Crippen LogP contribution is 2.22. The maximum absolute atomic E-state index is 5.39. The molecule has 2 heteroatoms. The van der Waals surface area contributed by atoms with Crippen molar-refractivity contribution in [1.29, 1.82) is 0 Å². The van der Waals surface area contributed by atoms with Gasteiger partial charge in [0.25, 0.3) is 0 Å². The fourth-order valence-corrected chi connectivity index (χ4v) is 1.09. The summed E-state index contributed by atoms with van der Waals surface area (Å²) in [5.74, 6) is 0.871. The van der Waals surface area contributed by atoms with Gasteiger partial charge in [-0.1, -0.05) is 24.8 Å². The molecule has 0 aromatic heterocycles. The van der Waals surface area contributed by atoms with Gasteiger partial charge >= 0.3 is 0 Å². The van der Waals surface area contributed by atoms with Gasteiger partial charge in [-0.3, -0.25) is 0 Å². The second kappa shape index (κ2) is 4.31. The van der Waals surface area contributed by atoms with E-state index in [0.717, 1.165) is 15.8 Å². The van der Waals surface area contributed by atoms with Crippen LogP contribution in [-0.4, -0.2) is 6.61 Å². The lowest BCUT2D eigenvalue weighted by molar-refractivity contribution is 0.249. The molecule has 0 aromatic carbocycles. The Labute approximate surface area is 81.2 Å². The summed E-state index contributed by atoms with van der Waals surface area (Å²) in [5, 5.41) is 0. The zero-order valence-corrected chi connectivity index (χ0v) is 8.60. The molecule has 1 heterocycles. The molecule has 0 bridgehead atoms. The van der Waals surface area contributed by atoms with Gasteiger partial charge in [0, 0.05) is 0 Å². The third-order valence-corrected chi connectivity index (χ3v) is 2.60. The van der Waals surface area contributed by atoms with Crippen molar-refractivity contribution in [2.75, 3.05) is 6.61 Å². The van der Waals surface area contributed by atoms with Crippen molar-refractivity contribution in [2.45, 2.75) is 6.92 Å². The van der Waals surface area contributed by atoms with Crippen molar-refractivity contribution in [3.05, 3.63) is 46.7 Å². The van der Waals surface area contributed by atoms with E-state index in [2.05, 4.69) is 22.5 Å². The first kappa shape index (κ1) is 9.33. The van der Waals surface area contributed by atoms with Gasteiger partial charge in [-0.15, -0.1) is 0 Å². The second-order valence-corrected chi connectivity index (χ2v) is 3.29. The molecule has 0 atom stereocenters. The van der Waals surface area contributed by atoms with Gasteiger partial charge in [-0.2, -0.15) is 0 Å². The maximum atomic E-state index is 5.39. The van der Waals surface area contributed by atoms with Crippen LogP contribution in [0.4, 0.5) is 0 Å². The molecule has 64 valence electrons. The van der Waals surface area contributed by atoms with Crippen LogP contribution in [0.3, 0.4) is 0 Å². The predicted octanol–water partition coefficient (Wildman–Crippen LogP) is 3.31. The van der Waals surface area contributed by atoms with E-state index in [9.17, 15) is 0 Å². The summed E-state index contributed by atoms with van der Waals surface area (Å²) in [7, 11) is 0. The third kappa shape index (κ3) is 2.38. The monoisotopic (exact) mass is 226 g/mol. The summed E-state index contributed by atoms with van der Waals surface area (Å²) < 4.78 is 6.32. The molecule has 12 heavy (non-hydrogen) atoms. The van der Waals surface area contributed by atoms with E-state index in [1.165, 1.54) is 0 Å². The van der Waals surface area contributed by atoms with Gasteiger partial charge in [0.2, 0.25) is 0 Å². The van der Waals surface area contributed by atoms with Crippen LogP contribution in [0.2, 0.25) is 0 Å². The van der Waals surface area contributed by atoms with Crippen LogP contribution in [0.15, 0.2) is 46.7 Å². The molecule has 1 rings (SSSR count). The minimum Gasteiger partial charge on any atom is -0.493 e. The largest absolute Gasteiger partial charge is 0.493 e. The summed E-state index contributed by atoms with van der Waals surface area (Å²) in [4.78, 5) is 0. The van der Waals surface area contributed by atoms with Crippen molar-refractivity contribution in [3.8, 4) is 0 Å². The number of allylic oxidation sites excluding steroid dienone is 6. The van der Waals surface area contributed by atoms with Crippen LogP contribution in [0, 0.1) is 0 Å². The van der Waals surface area contributed by atoms with Crippen LogP contribution in [0.25, 0.3) is 0 Å². The first-order valence-electron chi connectivity index (χ1n) is 3.73. The van der Waals surface area contributed by atoms with Crippen molar-refractivity contribution in [3.63, 3.8) is 0 Å². The molecule has 0 unspecified atom stereocenters. The standard InChI is InChI=1S/C10H11BrO/c1-8-6-4-3-5-7-12-9(2)10(8)11/h3-6H,1,7H2,2H3/b5-3-,6-4-,10-9+. The molecule has 0 saturated carbocycles. The Balaban J connectivity index is 2.92. The van der Waals surface area contributed by atoms with E-state index in [0.29, 0.717) is 6.61 Å². The SMILES string of the molecule is C=C1/C=C\C=C/CO/C(C)=C\1Br. The van der Waals surface area contributed by atoms with E-state index >= 15 is 0 Å². The van der Waals surface area contributed by atoms with Crippen LogP contribution >= 0.6 is 15.9 Å². The molecule has 0 saturated heterocycles. The molecule has 1 nitrogen and oxygen atoms in total. The van der Waals surface area contributed by atoms with E-state index in [-0.39, 0.29) is 0 Å². The highest BCUT2D eigenvalue weighted by molar-refractivity contribution is 9.12. The Kier molecular flexibility index (Phi) is 3.35. The Bertz CT molecular complexity index is 272. The molecule has 1 aliphatic heterocycles. The van der Waals surface area contributed by atoms with Crippen LogP contribution in [-0.2, 0) is 4.74 Å². The average Bonchev–Trinajstić information content (AvgIpc) is 2.12. The quantitative estimate of drug-likeness (QED) is 0.616. The highest BCUT2D eigenvalue weighted by Gasteiger charge is 2.02. The van der Waals surface area contributed by atoms with Crippen LogP contribution < -0.4 is 0 Å². The van der Waals surface area contributed by atoms with Gasteiger partial charge < -0.3 is 4.74 Å². The molecule has 1 aliphatic rings. The Morgan fingerprint density at radius 3 is 3.00 bits per heavy atom. The molecule has 0 spiro atoms. The second-order valence-electron chi connectivity index (χ2n) is 2.49. The van der Waals surface area contributed by atoms with E-state index in [1.54, 1.807) is 0 Å². The molecule has 0 radical (unpaired) electrons. The number of hydrogen-bond donors (Lipinski definition) is 0. The van der Waals surface area contributed by atoms with Gasteiger partial charge in [-0.05, 0) is 34.5 Å². The summed E-state index contributed by atoms with van der Waals surface area (Å²) in [6.07, 6.45) is 7.80. The minimum atomic E-state index is 0.610. The third-order valence-electron chi connectivity index (χ3n) is 1.53. The lowest BCUT2D eigenvalue weighted by atomic mass is 10.2. The molecule has 0 fully saturated rings. The fourth-order valence-electron chi connectivity index (χ4n) is 0.842. The molecule has 0 aliphatic carbocycles. The van der Waals surface area contributed by atoms with Gasteiger partial charge in [0.05, 0.1) is 4.48 Å². The van der Waals surface area contributed by atoms with E-state index < -0.39 is 0 Å². The molecule has 0 amide bonds. The summed E-state index contributed by atoms with van der Waals surface area (Å²) >= 11 is 3.41. The molecular weight excluding hydrogens is 216 g/mol. The van der Waals surface area contributed by atoms with Gasteiger partial charge in [0.1, 0.15) is 12.4 Å². The lowest BCUT2D eigenvalue weighted by Gasteiger charge is -2.05. The molecule has 0 aromatic rings. The maximum Gasteiger partial charge on any atom is 0.108 e. The lowest BCUT2D eigenvalue weighted by Crippen LogP contribution is -1.90. The van der Waals surface area contributed by atoms with Crippen molar-refractivity contribution in [2.24, 2.45) is 0 Å². The Morgan fingerprint density at radius 1 is 1.50 bits per heavy atom. The highest BCUT2D eigenvalue weighted by atomic mass is 79.9. The van der Waals surface area contributed by atoms with Crippen molar-refractivity contribution >= 4 is 15.9 Å². The summed E-state index contributed by atoms with van der Waals surface area (Å²) in [5.41, 5.74) is 0.930. The molecule has 0 N–H and O–H groups in total.